The zero-order chi connectivity index (χ0) is 23.9. The van der Waals surface area contributed by atoms with Crippen molar-refractivity contribution in [3.8, 4) is 0 Å². The highest BCUT2D eigenvalue weighted by atomic mass is 35.5. The topological polar surface area (TPSA) is 65.9 Å². The Hall–Kier alpha value is -2.03. The predicted molar refractivity (Wildman–Crippen MR) is 132 cm³/mol. The summed E-state index contributed by atoms with van der Waals surface area (Å²) in [5.41, 5.74) is 3.27. The van der Waals surface area contributed by atoms with Crippen LogP contribution in [0.2, 0.25) is 5.02 Å². The molecule has 2 fully saturated rings. The molecule has 0 aliphatic carbocycles. The van der Waals surface area contributed by atoms with Crippen molar-refractivity contribution in [1.82, 2.24) is 13.8 Å². The Labute approximate surface area is 202 Å². The number of aryl methyl sites for hydroxylation is 1. The first-order chi connectivity index (χ1) is 15.6. The molecule has 2 saturated heterocycles. The molecular formula is C24H33ClN4O3S. The summed E-state index contributed by atoms with van der Waals surface area (Å²) in [6, 6.07) is 7.42. The van der Waals surface area contributed by atoms with E-state index in [9.17, 15) is 13.2 Å². The van der Waals surface area contributed by atoms with Gasteiger partial charge in [-0.3, -0.25) is 4.79 Å². The third-order valence-corrected chi connectivity index (χ3v) is 9.40. The molecule has 4 rings (SSSR count). The zero-order valence-electron chi connectivity index (χ0n) is 19.8. The van der Waals surface area contributed by atoms with E-state index in [1.54, 1.807) is 28.9 Å². The summed E-state index contributed by atoms with van der Waals surface area (Å²) >= 11 is 6.18. The van der Waals surface area contributed by atoms with Crippen LogP contribution in [0.1, 0.15) is 41.5 Å². The molecule has 0 unspecified atom stereocenters. The molecule has 0 N–H and O–H groups in total. The molecule has 180 valence electrons. The van der Waals surface area contributed by atoms with Gasteiger partial charge in [0.15, 0.2) is 0 Å². The molecule has 2 aliphatic rings. The van der Waals surface area contributed by atoms with Crippen molar-refractivity contribution in [1.29, 1.82) is 0 Å². The minimum atomic E-state index is -3.61. The number of nitrogens with zero attached hydrogens (tertiary/aromatic N) is 4. The molecule has 0 radical (unpaired) electrons. The molecule has 2 aliphatic heterocycles. The van der Waals surface area contributed by atoms with Crippen LogP contribution in [0.25, 0.3) is 0 Å². The van der Waals surface area contributed by atoms with Crippen LogP contribution < -0.4 is 4.90 Å². The maximum absolute atomic E-state index is 13.4. The van der Waals surface area contributed by atoms with E-state index in [2.05, 4.69) is 18.7 Å². The predicted octanol–water partition coefficient (Wildman–Crippen LogP) is 3.68. The van der Waals surface area contributed by atoms with Crippen molar-refractivity contribution < 1.29 is 13.2 Å². The Bertz CT molecular complexity index is 1140. The number of carbonyl (C=O) groups excluding carboxylic acids is 1. The first-order valence-electron chi connectivity index (χ1n) is 11.6. The van der Waals surface area contributed by atoms with E-state index in [0.717, 1.165) is 24.1 Å². The average Bonchev–Trinajstić information content (AvgIpc) is 3.10. The quantitative estimate of drug-likeness (QED) is 0.653. The normalized spacial score (nSPS) is 18.7. The average molecular weight is 493 g/mol. The first kappa shape index (κ1) is 24.1. The maximum Gasteiger partial charge on any atom is 0.270 e. The standard InChI is InChI=1S/C24H33ClN4O3S/c1-17-7-9-29(10-8-17)33(31,32)23-16-22(26(4)19(23)3)24(30)28-13-11-27(12-14-28)21-15-20(25)6-5-18(21)2/h5-6,15-17H,7-14H2,1-4H3. The van der Waals surface area contributed by atoms with Crippen LogP contribution in [-0.2, 0) is 17.1 Å². The van der Waals surface area contributed by atoms with Gasteiger partial charge in [0.1, 0.15) is 10.6 Å². The Balaban J connectivity index is 1.50. The van der Waals surface area contributed by atoms with Gasteiger partial charge in [-0.2, -0.15) is 4.31 Å². The van der Waals surface area contributed by atoms with Crippen LogP contribution in [0.3, 0.4) is 0 Å². The fourth-order valence-electron chi connectivity index (χ4n) is 4.74. The molecule has 1 amide bonds. The van der Waals surface area contributed by atoms with E-state index in [4.69, 9.17) is 11.6 Å². The summed E-state index contributed by atoms with van der Waals surface area (Å²) in [5.74, 6) is 0.414. The van der Waals surface area contributed by atoms with Gasteiger partial charge in [0.05, 0.1) is 0 Å². The number of halogens is 1. The molecule has 9 heteroatoms. The van der Waals surface area contributed by atoms with Gasteiger partial charge in [-0.05, 0) is 56.4 Å². The van der Waals surface area contributed by atoms with E-state index in [0.29, 0.717) is 61.6 Å². The number of rotatable bonds is 4. The highest BCUT2D eigenvalue weighted by molar-refractivity contribution is 7.89. The Kier molecular flexibility index (Phi) is 6.80. The van der Waals surface area contributed by atoms with Gasteiger partial charge in [-0.25, -0.2) is 8.42 Å². The molecule has 1 aromatic heterocycles. The molecule has 1 aromatic carbocycles. The number of hydrogen-bond donors (Lipinski definition) is 0. The largest absolute Gasteiger partial charge is 0.368 e. The molecule has 7 nitrogen and oxygen atoms in total. The first-order valence-corrected chi connectivity index (χ1v) is 13.4. The zero-order valence-corrected chi connectivity index (χ0v) is 21.4. The molecule has 2 aromatic rings. The lowest BCUT2D eigenvalue weighted by atomic mass is 10.0. The van der Waals surface area contributed by atoms with E-state index >= 15 is 0 Å². The van der Waals surface area contributed by atoms with Gasteiger partial charge in [-0.1, -0.05) is 24.6 Å². The second-order valence-electron chi connectivity index (χ2n) is 9.33. The number of sulfonamides is 1. The van der Waals surface area contributed by atoms with Crippen molar-refractivity contribution in [2.24, 2.45) is 13.0 Å². The van der Waals surface area contributed by atoms with Crippen molar-refractivity contribution in [3.05, 3.63) is 46.2 Å². The minimum absolute atomic E-state index is 0.128. The number of benzene rings is 1. The summed E-state index contributed by atoms with van der Waals surface area (Å²) < 4.78 is 29.9. The van der Waals surface area contributed by atoms with Gasteiger partial charge in [0.25, 0.3) is 5.91 Å². The number of piperidine rings is 1. The number of hydrogen-bond acceptors (Lipinski definition) is 4. The van der Waals surface area contributed by atoms with Gasteiger partial charge in [0.2, 0.25) is 10.0 Å². The molecule has 33 heavy (non-hydrogen) atoms. The fourth-order valence-corrected chi connectivity index (χ4v) is 6.64. The second-order valence-corrected chi connectivity index (χ2v) is 11.7. The SMILES string of the molecule is Cc1ccc(Cl)cc1N1CCN(C(=O)c2cc(S(=O)(=O)N3CCC(C)CC3)c(C)n2C)CC1. The van der Waals surface area contributed by atoms with Gasteiger partial charge in [-0.15, -0.1) is 0 Å². The van der Waals surface area contributed by atoms with E-state index in [1.807, 2.05) is 23.1 Å². The number of aromatic nitrogens is 1. The van der Waals surface area contributed by atoms with Crippen molar-refractivity contribution in [3.63, 3.8) is 0 Å². The van der Waals surface area contributed by atoms with Crippen LogP contribution in [-0.4, -0.2) is 67.4 Å². The number of piperazine rings is 1. The van der Waals surface area contributed by atoms with Crippen molar-refractivity contribution in [2.45, 2.75) is 38.5 Å². The van der Waals surface area contributed by atoms with Crippen LogP contribution in [0.15, 0.2) is 29.2 Å². The molecule has 0 atom stereocenters. The molecule has 0 spiro atoms. The molecular weight excluding hydrogens is 460 g/mol. The van der Waals surface area contributed by atoms with Crippen LogP contribution in [0, 0.1) is 19.8 Å². The van der Waals surface area contributed by atoms with Crippen molar-refractivity contribution >= 4 is 33.2 Å². The van der Waals surface area contributed by atoms with Crippen LogP contribution in [0.4, 0.5) is 5.69 Å². The smallest absolute Gasteiger partial charge is 0.270 e. The number of amides is 1. The van der Waals surface area contributed by atoms with E-state index in [1.165, 1.54) is 0 Å². The van der Waals surface area contributed by atoms with E-state index < -0.39 is 10.0 Å². The van der Waals surface area contributed by atoms with E-state index in [-0.39, 0.29) is 10.8 Å². The number of carbonyl (C=O) groups is 1. The third-order valence-electron chi connectivity index (χ3n) is 7.15. The summed E-state index contributed by atoms with van der Waals surface area (Å²) in [7, 11) is -1.85. The van der Waals surface area contributed by atoms with Crippen LogP contribution in [0.5, 0.6) is 0 Å². The summed E-state index contributed by atoms with van der Waals surface area (Å²) in [5, 5.41) is 0.699. The lowest BCUT2D eigenvalue weighted by Gasteiger charge is -2.37. The molecule has 3 heterocycles. The highest BCUT2D eigenvalue weighted by Crippen LogP contribution is 2.29. The number of anilines is 1. The monoisotopic (exact) mass is 492 g/mol. The lowest BCUT2D eigenvalue weighted by Crippen LogP contribution is -2.49. The Morgan fingerprint density at radius 1 is 1.00 bits per heavy atom. The van der Waals surface area contributed by atoms with Gasteiger partial charge >= 0.3 is 0 Å². The Morgan fingerprint density at radius 2 is 1.64 bits per heavy atom. The third kappa shape index (κ3) is 4.66. The molecule has 0 saturated carbocycles. The highest BCUT2D eigenvalue weighted by Gasteiger charge is 2.33. The fraction of sp³-hybridized carbons (Fsp3) is 0.542. The maximum atomic E-state index is 13.4. The minimum Gasteiger partial charge on any atom is -0.368 e. The van der Waals surface area contributed by atoms with Gasteiger partial charge < -0.3 is 14.4 Å². The lowest BCUT2D eigenvalue weighted by molar-refractivity contribution is 0.0737. The van der Waals surface area contributed by atoms with Gasteiger partial charge in [0, 0.05) is 62.7 Å². The second kappa shape index (κ2) is 9.31. The molecule has 0 bridgehead atoms. The van der Waals surface area contributed by atoms with Crippen molar-refractivity contribution in [2.75, 3.05) is 44.2 Å². The van der Waals surface area contributed by atoms with Crippen LogP contribution >= 0.6 is 11.6 Å². The summed E-state index contributed by atoms with van der Waals surface area (Å²) in [4.78, 5) is 17.7. The summed E-state index contributed by atoms with van der Waals surface area (Å²) in [6.45, 7) is 9.60. The Morgan fingerprint density at radius 3 is 2.27 bits per heavy atom. The summed E-state index contributed by atoms with van der Waals surface area (Å²) in [6.07, 6.45) is 1.74.